The van der Waals surface area contributed by atoms with Gasteiger partial charge in [-0.1, -0.05) is 6.07 Å². The van der Waals surface area contributed by atoms with Crippen LogP contribution in [0.15, 0.2) is 18.2 Å². The predicted molar refractivity (Wildman–Crippen MR) is 58.5 cm³/mol. The van der Waals surface area contributed by atoms with Gasteiger partial charge in [0.05, 0.1) is 13.5 Å². The third kappa shape index (κ3) is 2.23. The lowest BCUT2D eigenvalue weighted by Gasteiger charge is -2.11. The molecule has 0 spiro atoms. The molecule has 0 saturated carbocycles. The molecular weight excluding hydrogens is 224 g/mol. The molecule has 2 rings (SSSR count). The summed E-state index contributed by atoms with van der Waals surface area (Å²) < 4.78 is 4.63. The molecule has 17 heavy (non-hydrogen) atoms. The number of anilines is 1. The van der Waals surface area contributed by atoms with Crippen LogP contribution >= 0.6 is 0 Å². The Morgan fingerprint density at radius 2 is 2.35 bits per heavy atom. The standard InChI is InChI=1S/C11H14N2O4/c1-17-10(14)5-7-6-12-8-3-2-4-9(11(7)8)13(15)16/h2-4,7,12,15-16H,5-6H2,1H3/p+1. The van der Waals surface area contributed by atoms with E-state index in [0.717, 1.165) is 11.3 Å². The Balaban J connectivity index is 2.32. The zero-order chi connectivity index (χ0) is 12.4. The number of carbonyl (C=O) groups is 1. The quantitative estimate of drug-likeness (QED) is 0.442. The molecule has 1 aromatic carbocycles. The molecule has 1 unspecified atom stereocenters. The summed E-state index contributed by atoms with van der Waals surface area (Å²) in [7, 11) is 1.34. The number of ether oxygens (including phenoxy) is 1. The third-order valence-corrected chi connectivity index (χ3v) is 2.93. The smallest absolute Gasteiger partial charge is 0.306 e. The summed E-state index contributed by atoms with van der Waals surface area (Å²) in [6, 6.07) is 5.19. The topological polar surface area (TPSA) is 83.2 Å². The van der Waals surface area contributed by atoms with E-state index < -0.39 is 5.23 Å². The van der Waals surface area contributed by atoms with Crippen molar-refractivity contribution in [2.24, 2.45) is 0 Å². The van der Waals surface area contributed by atoms with Gasteiger partial charge in [-0.25, -0.2) is 0 Å². The van der Waals surface area contributed by atoms with E-state index >= 15 is 0 Å². The first-order valence-electron chi connectivity index (χ1n) is 5.32. The second-order valence-electron chi connectivity index (χ2n) is 3.95. The monoisotopic (exact) mass is 239 g/mol. The molecule has 0 saturated heterocycles. The van der Waals surface area contributed by atoms with E-state index in [9.17, 15) is 15.2 Å². The minimum absolute atomic E-state index is 0.0945. The minimum atomic E-state index is -0.722. The number of quaternary nitrogens is 1. The number of nitrogens with one attached hydrogen (secondary N) is 2. The lowest BCUT2D eigenvalue weighted by Crippen LogP contribution is -3.02. The second-order valence-corrected chi connectivity index (χ2v) is 3.95. The van der Waals surface area contributed by atoms with Crippen molar-refractivity contribution in [1.29, 1.82) is 0 Å². The van der Waals surface area contributed by atoms with E-state index in [-0.39, 0.29) is 18.3 Å². The van der Waals surface area contributed by atoms with Crippen molar-refractivity contribution in [3.8, 4) is 0 Å². The van der Waals surface area contributed by atoms with E-state index in [1.165, 1.54) is 7.11 Å². The Hall–Kier alpha value is -1.63. The molecule has 1 aliphatic rings. The second kappa shape index (κ2) is 4.70. The van der Waals surface area contributed by atoms with Crippen LogP contribution in [0.2, 0.25) is 0 Å². The maximum absolute atomic E-state index is 11.3. The number of hydrogen-bond acceptors (Lipinski definition) is 5. The van der Waals surface area contributed by atoms with E-state index in [0.29, 0.717) is 12.2 Å². The fourth-order valence-corrected chi connectivity index (χ4v) is 2.15. The largest absolute Gasteiger partial charge is 0.469 e. The van der Waals surface area contributed by atoms with Gasteiger partial charge in [-0.15, -0.1) is 0 Å². The van der Waals surface area contributed by atoms with Gasteiger partial charge in [-0.2, -0.15) is 10.4 Å². The van der Waals surface area contributed by atoms with Crippen molar-refractivity contribution in [3.63, 3.8) is 0 Å². The molecule has 1 atom stereocenters. The fourth-order valence-electron chi connectivity index (χ4n) is 2.15. The van der Waals surface area contributed by atoms with E-state index in [4.69, 9.17) is 0 Å². The van der Waals surface area contributed by atoms with Crippen molar-refractivity contribution in [2.75, 3.05) is 19.0 Å². The van der Waals surface area contributed by atoms with Crippen LogP contribution in [0.3, 0.4) is 0 Å². The Kier molecular flexibility index (Phi) is 3.28. The highest BCUT2D eigenvalue weighted by Gasteiger charge is 2.31. The molecule has 1 aliphatic heterocycles. The van der Waals surface area contributed by atoms with Crippen molar-refractivity contribution in [1.82, 2.24) is 0 Å². The zero-order valence-electron chi connectivity index (χ0n) is 9.43. The Morgan fingerprint density at radius 3 is 3.00 bits per heavy atom. The maximum Gasteiger partial charge on any atom is 0.306 e. The van der Waals surface area contributed by atoms with Crippen molar-refractivity contribution >= 4 is 17.3 Å². The lowest BCUT2D eigenvalue weighted by atomic mass is 9.96. The first kappa shape index (κ1) is 11.8. The Morgan fingerprint density at radius 1 is 1.59 bits per heavy atom. The van der Waals surface area contributed by atoms with Crippen LogP contribution in [-0.4, -0.2) is 30.0 Å². The molecule has 6 nitrogen and oxygen atoms in total. The normalized spacial score (nSPS) is 17.8. The fraction of sp³-hybridized carbons (Fsp3) is 0.364. The van der Waals surface area contributed by atoms with Crippen molar-refractivity contribution < 1.29 is 25.2 Å². The average Bonchev–Trinajstić information content (AvgIpc) is 2.72. The Labute approximate surface area is 98.3 Å². The number of methoxy groups -OCH3 is 1. The van der Waals surface area contributed by atoms with E-state index in [1.807, 2.05) is 6.07 Å². The summed E-state index contributed by atoms with van der Waals surface area (Å²) >= 11 is 0. The van der Waals surface area contributed by atoms with Gasteiger partial charge in [0, 0.05) is 29.8 Å². The summed E-state index contributed by atoms with van der Waals surface area (Å²) in [6.07, 6.45) is 0.223. The van der Waals surface area contributed by atoms with Gasteiger partial charge in [0.1, 0.15) is 0 Å². The highest BCUT2D eigenvalue weighted by Crippen LogP contribution is 2.37. The summed E-state index contributed by atoms with van der Waals surface area (Å²) in [6.45, 7) is 0.592. The molecule has 0 amide bonds. The van der Waals surface area contributed by atoms with Gasteiger partial charge >= 0.3 is 5.97 Å². The molecule has 6 heteroatoms. The highest BCUT2D eigenvalue weighted by molar-refractivity contribution is 5.74. The number of hydrogen-bond donors (Lipinski definition) is 4. The van der Waals surface area contributed by atoms with Gasteiger partial charge in [0.2, 0.25) is 5.69 Å². The van der Waals surface area contributed by atoms with Crippen LogP contribution < -0.4 is 10.5 Å². The van der Waals surface area contributed by atoms with Crippen LogP contribution in [0.1, 0.15) is 17.9 Å². The highest BCUT2D eigenvalue weighted by atomic mass is 16.8. The van der Waals surface area contributed by atoms with Crippen LogP contribution in [0.4, 0.5) is 11.4 Å². The van der Waals surface area contributed by atoms with Gasteiger partial charge in [-0.3, -0.25) is 4.79 Å². The van der Waals surface area contributed by atoms with Gasteiger partial charge in [0.25, 0.3) is 0 Å². The van der Waals surface area contributed by atoms with E-state index in [1.54, 1.807) is 12.1 Å². The van der Waals surface area contributed by atoms with Crippen LogP contribution in [0.25, 0.3) is 0 Å². The van der Waals surface area contributed by atoms with Crippen LogP contribution in [-0.2, 0) is 9.53 Å². The molecule has 0 bridgehead atoms. The van der Waals surface area contributed by atoms with Gasteiger partial charge < -0.3 is 10.1 Å². The molecule has 0 aliphatic carbocycles. The maximum atomic E-state index is 11.3. The van der Waals surface area contributed by atoms with Crippen molar-refractivity contribution in [2.45, 2.75) is 12.3 Å². The summed E-state index contributed by atoms with van der Waals surface area (Å²) in [5.74, 6) is -0.403. The molecule has 0 radical (unpaired) electrons. The first-order chi connectivity index (χ1) is 8.13. The summed E-state index contributed by atoms with van der Waals surface area (Å²) in [5.41, 5.74) is 1.95. The number of rotatable bonds is 3. The third-order valence-electron chi connectivity index (χ3n) is 2.93. The molecule has 1 aromatic rings. The minimum Gasteiger partial charge on any atom is -0.469 e. The first-order valence-corrected chi connectivity index (χ1v) is 5.32. The molecule has 92 valence electrons. The number of carbonyl (C=O) groups excluding carboxylic acids is 1. The van der Waals surface area contributed by atoms with Gasteiger partial charge in [-0.05, 0) is 11.3 Å². The summed E-state index contributed by atoms with van der Waals surface area (Å²) in [4.78, 5) is 11.3. The van der Waals surface area contributed by atoms with Crippen molar-refractivity contribution in [3.05, 3.63) is 23.8 Å². The predicted octanol–water partition coefficient (Wildman–Crippen LogP) is 0.0536. The lowest BCUT2D eigenvalue weighted by molar-refractivity contribution is -1.19. The zero-order valence-corrected chi connectivity index (χ0v) is 9.43. The average molecular weight is 239 g/mol. The molecule has 1 heterocycles. The number of benzene rings is 1. The van der Waals surface area contributed by atoms with Crippen LogP contribution in [0.5, 0.6) is 0 Å². The number of esters is 1. The molecular formula is C11H15N2O4+. The van der Waals surface area contributed by atoms with E-state index in [2.05, 4.69) is 10.1 Å². The van der Waals surface area contributed by atoms with Crippen LogP contribution in [0, 0.1) is 0 Å². The Bertz CT molecular complexity index is 433. The summed E-state index contributed by atoms with van der Waals surface area (Å²) in [5, 5.41) is 20.9. The van der Waals surface area contributed by atoms with Gasteiger partial charge in [0.15, 0.2) is 0 Å². The SMILES string of the molecule is COC(=O)CC1CNc2cccc([NH+](O)O)c21. The number of fused-ring (bicyclic) bond motifs is 1. The molecule has 0 fully saturated rings. The molecule has 4 N–H and O–H groups in total. The molecule has 0 aromatic heterocycles.